The van der Waals surface area contributed by atoms with Gasteiger partial charge in [-0.2, -0.15) is 0 Å². The van der Waals surface area contributed by atoms with Crippen molar-refractivity contribution in [1.29, 1.82) is 0 Å². The first-order chi connectivity index (χ1) is 16.0. The first-order valence-electron chi connectivity index (χ1n) is 11.5. The third kappa shape index (κ3) is 1.36. The summed E-state index contributed by atoms with van der Waals surface area (Å²) < 4.78 is 21.2. The fourth-order valence-electron chi connectivity index (χ4n) is 11.0. The highest BCUT2D eigenvalue weighted by Gasteiger charge is 3.18. The van der Waals surface area contributed by atoms with Crippen molar-refractivity contribution >= 4 is 23.9 Å². The normalized spacial score (nSPS) is 47.5. The molecule has 6 atom stereocenters. The standard InChI is InChI=1S/C26H28O8/c1-10-9-11(2)24-15(10)13(19(28)32-6)12(18(27)31-5)14-16-22(24,3)25(16,20(29)33-7)26(21(30)34-8)17(14)23(24,26)4/h9,14,16-17H,1-8H3. The predicted molar refractivity (Wildman–Crippen MR) is 116 cm³/mol. The number of allylic oxidation sites excluding steroid dienone is 3. The van der Waals surface area contributed by atoms with Gasteiger partial charge in [-0.3, -0.25) is 9.59 Å². The van der Waals surface area contributed by atoms with E-state index in [1.165, 1.54) is 28.4 Å². The van der Waals surface area contributed by atoms with Gasteiger partial charge in [0.25, 0.3) is 0 Å². The molecule has 4 saturated carbocycles. The van der Waals surface area contributed by atoms with Gasteiger partial charge in [-0.05, 0) is 36.8 Å². The molecule has 0 heterocycles. The van der Waals surface area contributed by atoms with Gasteiger partial charge in [0.05, 0.1) is 50.4 Å². The highest BCUT2D eigenvalue weighted by Crippen LogP contribution is 3.14. The summed E-state index contributed by atoms with van der Waals surface area (Å²) in [5.41, 5.74) is -1.82. The Morgan fingerprint density at radius 3 is 1.65 bits per heavy atom. The molecule has 0 aromatic carbocycles. The Morgan fingerprint density at radius 1 is 0.765 bits per heavy atom. The van der Waals surface area contributed by atoms with Crippen LogP contribution in [0.5, 0.6) is 0 Å². The van der Waals surface area contributed by atoms with E-state index in [1.54, 1.807) is 0 Å². The maximum atomic E-state index is 13.8. The van der Waals surface area contributed by atoms with E-state index < -0.39 is 56.9 Å². The molecule has 0 aromatic rings. The molecule has 0 radical (unpaired) electrons. The number of carbonyl (C=O) groups excluding carboxylic acids is 4. The van der Waals surface area contributed by atoms with Crippen LogP contribution in [0.25, 0.3) is 0 Å². The van der Waals surface area contributed by atoms with Crippen LogP contribution in [0.2, 0.25) is 0 Å². The van der Waals surface area contributed by atoms with Crippen LogP contribution >= 0.6 is 0 Å². The highest BCUT2D eigenvalue weighted by molar-refractivity contribution is 6.11. The van der Waals surface area contributed by atoms with Crippen molar-refractivity contribution in [1.82, 2.24) is 0 Å². The molecule has 7 aliphatic rings. The summed E-state index contributed by atoms with van der Waals surface area (Å²) in [7, 11) is 5.23. The van der Waals surface area contributed by atoms with E-state index in [2.05, 4.69) is 0 Å². The lowest BCUT2D eigenvalue weighted by molar-refractivity contribution is -0.163. The summed E-state index contributed by atoms with van der Waals surface area (Å²) in [5.74, 6) is -3.49. The minimum Gasteiger partial charge on any atom is -0.469 e. The van der Waals surface area contributed by atoms with Gasteiger partial charge in [-0.15, -0.1) is 0 Å². The van der Waals surface area contributed by atoms with Crippen molar-refractivity contribution in [3.05, 3.63) is 33.9 Å². The fraction of sp³-hybridized carbons (Fsp3) is 0.615. The van der Waals surface area contributed by atoms with Gasteiger partial charge in [0.2, 0.25) is 0 Å². The van der Waals surface area contributed by atoms with Gasteiger partial charge in [-0.25, -0.2) is 9.59 Å². The van der Waals surface area contributed by atoms with Gasteiger partial charge in [0.15, 0.2) is 0 Å². The van der Waals surface area contributed by atoms with Crippen LogP contribution < -0.4 is 0 Å². The van der Waals surface area contributed by atoms with E-state index in [0.29, 0.717) is 5.57 Å². The Balaban J connectivity index is 1.83. The zero-order chi connectivity index (χ0) is 25.0. The molecule has 0 N–H and O–H groups in total. The number of carbonyl (C=O) groups is 4. The Kier molecular flexibility index (Phi) is 3.50. The zero-order valence-corrected chi connectivity index (χ0v) is 20.6. The summed E-state index contributed by atoms with van der Waals surface area (Å²) in [6, 6.07) is 0. The minimum atomic E-state index is -1.17. The molecule has 0 aromatic heterocycles. The van der Waals surface area contributed by atoms with Gasteiger partial charge in [0, 0.05) is 22.2 Å². The van der Waals surface area contributed by atoms with Gasteiger partial charge < -0.3 is 18.9 Å². The first kappa shape index (κ1) is 21.6. The molecule has 1 spiro atoms. The summed E-state index contributed by atoms with van der Waals surface area (Å²) in [4.78, 5) is 54.2. The molecule has 7 rings (SSSR count). The molecular formula is C26H28O8. The Morgan fingerprint density at radius 2 is 1.24 bits per heavy atom. The molecule has 0 amide bonds. The maximum Gasteiger partial charge on any atom is 0.338 e. The number of esters is 4. The molecule has 0 aliphatic heterocycles. The van der Waals surface area contributed by atoms with Gasteiger partial charge in [-0.1, -0.05) is 25.5 Å². The molecule has 6 unspecified atom stereocenters. The van der Waals surface area contributed by atoms with Gasteiger partial charge >= 0.3 is 23.9 Å². The van der Waals surface area contributed by atoms with Crippen LogP contribution in [0.1, 0.15) is 27.7 Å². The lowest BCUT2D eigenvalue weighted by atomic mass is 9.53. The highest BCUT2D eigenvalue weighted by atomic mass is 16.5. The molecule has 8 nitrogen and oxygen atoms in total. The molecular weight excluding hydrogens is 440 g/mol. The van der Waals surface area contributed by atoms with E-state index in [1.807, 2.05) is 33.8 Å². The molecule has 4 fully saturated rings. The number of ether oxygens (including phenoxy) is 4. The van der Waals surface area contributed by atoms with E-state index in [9.17, 15) is 19.2 Å². The smallest absolute Gasteiger partial charge is 0.338 e. The van der Waals surface area contributed by atoms with Crippen LogP contribution in [0.3, 0.4) is 0 Å². The van der Waals surface area contributed by atoms with Crippen molar-refractivity contribution in [3.63, 3.8) is 0 Å². The largest absolute Gasteiger partial charge is 0.469 e. The zero-order valence-electron chi connectivity index (χ0n) is 20.6. The number of rotatable bonds is 4. The Hall–Kier alpha value is -2.90. The van der Waals surface area contributed by atoms with Crippen LogP contribution in [-0.4, -0.2) is 52.3 Å². The van der Waals surface area contributed by atoms with Crippen molar-refractivity contribution in [2.45, 2.75) is 27.7 Å². The monoisotopic (exact) mass is 468 g/mol. The molecule has 7 aliphatic carbocycles. The Bertz CT molecular complexity index is 1220. The second kappa shape index (κ2) is 5.50. The van der Waals surface area contributed by atoms with E-state index in [4.69, 9.17) is 18.9 Å². The molecule has 0 saturated heterocycles. The third-order valence-corrected chi connectivity index (χ3v) is 11.0. The summed E-state index contributed by atoms with van der Waals surface area (Å²) in [5, 5.41) is 0. The molecule has 34 heavy (non-hydrogen) atoms. The average Bonchev–Trinajstić information content (AvgIpc) is 3.48. The lowest BCUT2D eigenvalue weighted by Crippen LogP contribution is -2.45. The maximum absolute atomic E-state index is 13.8. The van der Waals surface area contributed by atoms with Crippen LogP contribution in [0.15, 0.2) is 33.9 Å². The quantitative estimate of drug-likeness (QED) is 0.457. The van der Waals surface area contributed by atoms with E-state index in [-0.39, 0.29) is 23.0 Å². The molecule has 2 bridgehead atoms. The first-order valence-corrected chi connectivity index (χ1v) is 11.5. The topological polar surface area (TPSA) is 105 Å². The summed E-state index contributed by atoms with van der Waals surface area (Å²) in [6.45, 7) is 7.93. The molecule has 8 heteroatoms. The Labute approximate surface area is 197 Å². The van der Waals surface area contributed by atoms with Crippen molar-refractivity contribution in [2.24, 2.45) is 44.8 Å². The summed E-state index contributed by atoms with van der Waals surface area (Å²) >= 11 is 0. The lowest BCUT2D eigenvalue weighted by Gasteiger charge is -2.48. The second-order valence-corrected chi connectivity index (χ2v) is 10.9. The minimum absolute atomic E-state index is 0.202. The van der Waals surface area contributed by atoms with Crippen molar-refractivity contribution < 1.29 is 38.1 Å². The second-order valence-electron chi connectivity index (χ2n) is 10.9. The van der Waals surface area contributed by atoms with Gasteiger partial charge in [0.1, 0.15) is 0 Å². The molecule has 180 valence electrons. The summed E-state index contributed by atoms with van der Waals surface area (Å²) in [6.07, 6.45) is 2.01. The SMILES string of the molecule is COC(=O)C1=C(C(=O)OC)C2C3C4(C)C5(C(C)=CC(C)=C15)C1(C)C2C1(C(=O)OC)C34C(=O)OC. The van der Waals surface area contributed by atoms with Crippen molar-refractivity contribution in [2.75, 3.05) is 28.4 Å². The predicted octanol–water partition coefficient (Wildman–Crippen LogP) is 2.14. The van der Waals surface area contributed by atoms with Crippen molar-refractivity contribution in [3.8, 4) is 0 Å². The number of methoxy groups -OCH3 is 4. The van der Waals surface area contributed by atoms with Crippen LogP contribution in [-0.2, 0) is 38.1 Å². The third-order valence-electron chi connectivity index (χ3n) is 11.0. The number of hydrogen-bond donors (Lipinski definition) is 0. The average molecular weight is 469 g/mol. The van der Waals surface area contributed by atoms with Crippen LogP contribution in [0.4, 0.5) is 0 Å². The number of hydrogen-bond acceptors (Lipinski definition) is 8. The van der Waals surface area contributed by atoms with E-state index in [0.717, 1.165) is 11.1 Å². The fourth-order valence-corrected chi connectivity index (χ4v) is 11.0. The van der Waals surface area contributed by atoms with Crippen LogP contribution in [0, 0.1) is 44.8 Å². The van der Waals surface area contributed by atoms with E-state index >= 15 is 0 Å².